The van der Waals surface area contributed by atoms with Crippen molar-refractivity contribution in [2.24, 2.45) is 5.92 Å². The summed E-state index contributed by atoms with van der Waals surface area (Å²) in [4.78, 5) is 14.9. The summed E-state index contributed by atoms with van der Waals surface area (Å²) in [6.07, 6.45) is 3.45. The zero-order valence-electron chi connectivity index (χ0n) is 17.6. The number of ether oxygens (including phenoxy) is 1. The minimum absolute atomic E-state index is 0.597. The van der Waals surface area contributed by atoms with E-state index in [1.54, 1.807) is 6.07 Å². The number of nitrogens with zero attached hydrogens (tertiary/aromatic N) is 3. The molecule has 1 saturated heterocycles. The lowest BCUT2D eigenvalue weighted by Crippen LogP contribution is -2.36. The Bertz CT molecular complexity index is 1100. The van der Waals surface area contributed by atoms with Crippen LogP contribution >= 0.6 is 34.5 Å². The highest BCUT2D eigenvalue weighted by Crippen LogP contribution is 2.40. The molecular formula is C23H26Cl2N4OS. The van der Waals surface area contributed by atoms with E-state index in [-0.39, 0.29) is 0 Å². The Morgan fingerprint density at radius 3 is 2.87 bits per heavy atom. The number of fused-ring (bicyclic) bond motifs is 3. The second-order valence-electron chi connectivity index (χ2n) is 8.50. The van der Waals surface area contributed by atoms with Gasteiger partial charge in [0.1, 0.15) is 16.5 Å². The van der Waals surface area contributed by atoms with Crippen molar-refractivity contribution < 1.29 is 4.74 Å². The summed E-state index contributed by atoms with van der Waals surface area (Å²) in [5.74, 6) is 2.52. The van der Waals surface area contributed by atoms with Gasteiger partial charge in [-0.2, -0.15) is 0 Å². The van der Waals surface area contributed by atoms with E-state index in [0.717, 1.165) is 73.6 Å². The average Bonchev–Trinajstić information content (AvgIpc) is 3.11. The maximum atomic E-state index is 6.41. The molecule has 1 atom stereocenters. The summed E-state index contributed by atoms with van der Waals surface area (Å²) in [5, 5.41) is 6.08. The molecule has 164 valence electrons. The molecule has 5 nitrogen and oxygen atoms in total. The Labute approximate surface area is 196 Å². The van der Waals surface area contributed by atoms with Crippen LogP contribution < -0.4 is 5.32 Å². The predicted molar refractivity (Wildman–Crippen MR) is 128 cm³/mol. The highest BCUT2D eigenvalue weighted by Gasteiger charge is 2.24. The van der Waals surface area contributed by atoms with Gasteiger partial charge in [-0.05, 0) is 48.4 Å². The van der Waals surface area contributed by atoms with Crippen LogP contribution in [-0.2, 0) is 30.7 Å². The van der Waals surface area contributed by atoms with Gasteiger partial charge in [-0.15, -0.1) is 11.3 Å². The molecule has 1 aromatic carbocycles. The summed E-state index contributed by atoms with van der Waals surface area (Å²) < 4.78 is 5.49. The average molecular weight is 477 g/mol. The lowest BCUT2D eigenvalue weighted by atomic mass is 9.89. The SMILES string of the molecule is CC1CCc2c(sc3nc(CN4CCOCC4)nc(NCc4ccc(Cl)cc4Cl)c23)C1. The van der Waals surface area contributed by atoms with Crippen LogP contribution in [0, 0.1) is 5.92 Å². The second kappa shape index (κ2) is 9.20. The van der Waals surface area contributed by atoms with Crippen LogP contribution in [0.3, 0.4) is 0 Å². The van der Waals surface area contributed by atoms with E-state index in [4.69, 9.17) is 37.9 Å². The van der Waals surface area contributed by atoms with Crippen molar-refractivity contribution in [3.63, 3.8) is 0 Å². The van der Waals surface area contributed by atoms with Gasteiger partial charge >= 0.3 is 0 Å². The molecule has 8 heteroatoms. The first kappa shape index (κ1) is 21.4. The highest BCUT2D eigenvalue weighted by molar-refractivity contribution is 7.19. The van der Waals surface area contributed by atoms with E-state index in [0.29, 0.717) is 16.6 Å². The van der Waals surface area contributed by atoms with Crippen molar-refractivity contribution in [2.45, 2.75) is 39.3 Å². The molecule has 3 heterocycles. The van der Waals surface area contributed by atoms with E-state index in [9.17, 15) is 0 Å². The van der Waals surface area contributed by atoms with Crippen LogP contribution in [0.4, 0.5) is 5.82 Å². The number of aryl methyl sites for hydroxylation is 1. The summed E-state index contributed by atoms with van der Waals surface area (Å²) >= 11 is 14.3. The molecule has 1 N–H and O–H groups in total. The molecule has 2 aromatic heterocycles. The van der Waals surface area contributed by atoms with Crippen molar-refractivity contribution in [3.05, 3.63) is 50.1 Å². The molecule has 1 fully saturated rings. The molecule has 0 radical (unpaired) electrons. The van der Waals surface area contributed by atoms with Crippen LogP contribution in [0.2, 0.25) is 10.0 Å². The van der Waals surface area contributed by atoms with Crippen molar-refractivity contribution in [3.8, 4) is 0 Å². The van der Waals surface area contributed by atoms with Crippen LogP contribution in [0.1, 0.15) is 35.2 Å². The molecule has 2 aliphatic rings. The number of rotatable bonds is 5. The smallest absolute Gasteiger partial charge is 0.146 e. The van der Waals surface area contributed by atoms with Gasteiger partial charge < -0.3 is 10.1 Å². The standard InChI is InChI=1S/C23H26Cl2N4OS/c1-14-2-5-17-19(10-14)31-23-21(17)22(26-12-15-3-4-16(24)11-18(15)25)27-20(28-23)13-29-6-8-30-9-7-29/h3-4,11,14H,2,5-10,12-13H2,1H3,(H,26,27,28). The predicted octanol–water partition coefficient (Wildman–Crippen LogP) is 5.57. The maximum absolute atomic E-state index is 6.41. The fraction of sp³-hybridized carbons (Fsp3) is 0.478. The quantitative estimate of drug-likeness (QED) is 0.521. The Balaban J connectivity index is 1.49. The van der Waals surface area contributed by atoms with Crippen LogP contribution in [0.5, 0.6) is 0 Å². The summed E-state index contributed by atoms with van der Waals surface area (Å²) in [6.45, 7) is 7.06. The van der Waals surface area contributed by atoms with Crippen molar-refractivity contribution in [1.29, 1.82) is 0 Å². The number of nitrogens with one attached hydrogen (secondary N) is 1. The summed E-state index contributed by atoms with van der Waals surface area (Å²) in [7, 11) is 0. The molecule has 3 aromatic rings. The number of halogens is 2. The Morgan fingerprint density at radius 2 is 2.06 bits per heavy atom. The molecule has 31 heavy (non-hydrogen) atoms. The minimum atomic E-state index is 0.597. The first-order valence-corrected chi connectivity index (χ1v) is 12.4. The van der Waals surface area contributed by atoms with Crippen molar-refractivity contribution in [1.82, 2.24) is 14.9 Å². The van der Waals surface area contributed by atoms with Crippen molar-refractivity contribution in [2.75, 3.05) is 31.6 Å². The van der Waals surface area contributed by atoms with Gasteiger partial charge in [-0.1, -0.05) is 36.2 Å². The zero-order valence-corrected chi connectivity index (χ0v) is 19.9. The molecule has 1 aliphatic heterocycles. The van der Waals surface area contributed by atoms with Crippen molar-refractivity contribution >= 4 is 50.6 Å². The Hall–Kier alpha value is -1.44. The number of thiophene rings is 1. The fourth-order valence-corrected chi connectivity index (χ4v) is 6.27. The molecular weight excluding hydrogens is 451 g/mol. The van der Waals surface area contributed by atoms with Gasteiger partial charge in [-0.25, -0.2) is 9.97 Å². The maximum Gasteiger partial charge on any atom is 0.146 e. The van der Waals surface area contributed by atoms with Gasteiger partial charge in [-0.3, -0.25) is 4.90 Å². The van der Waals surface area contributed by atoms with E-state index in [1.165, 1.54) is 22.2 Å². The molecule has 0 bridgehead atoms. The second-order valence-corrected chi connectivity index (χ2v) is 10.4. The number of aromatic nitrogens is 2. The third kappa shape index (κ3) is 4.69. The van der Waals surface area contributed by atoms with Crippen LogP contribution in [0.15, 0.2) is 18.2 Å². The van der Waals surface area contributed by atoms with E-state index < -0.39 is 0 Å². The Morgan fingerprint density at radius 1 is 1.23 bits per heavy atom. The van der Waals surface area contributed by atoms with Crippen LogP contribution in [0.25, 0.3) is 10.2 Å². The van der Waals surface area contributed by atoms with Gasteiger partial charge in [0.25, 0.3) is 0 Å². The van der Waals surface area contributed by atoms with E-state index in [2.05, 4.69) is 17.1 Å². The first-order valence-electron chi connectivity index (χ1n) is 10.9. The highest BCUT2D eigenvalue weighted by atomic mass is 35.5. The third-order valence-electron chi connectivity index (χ3n) is 6.13. The molecule has 0 saturated carbocycles. The normalized spacial score (nSPS) is 19.5. The lowest BCUT2D eigenvalue weighted by molar-refractivity contribution is 0.0331. The lowest BCUT2D eigenvalue weighted by Gasteiger charge is -2.26. The monoisotopic (exact) mass is 476 g/mol. The zero-order chi connectivity index (χ0) is 21.4. The van der Waals surface area contributed by atoms with Gasteiger partial charge in [0, 0.05) is 34.6 Å². The molecule has 0 amide bonds. The number of hydrogen-bond donors (Lipinski definition) is 1. The van der Waals surface area contributed by atoms with E-state index >= 15 is 0 Å². The third-order valence-corrected chi connectivity index (χ3v) is 7.87. The molecule has 1 unspecified atom stereocenters. The number of anilines is 1. The number of morpholine rings is 1. The molecule has 5 rings (SSSR count). The van der Waals surface area contributed by atoms with Gasteiger partial charge in [0.2, 0.25) is 0 Å². The summed E-state index contributed by atoms with van der Waals surface area (Å²) in [6, 6.07) is 5.63. The topological polar surface area (TPSA) is 50.3 Å². The van der Waals surface area contributed by atoms with Gasteiger partial charge in [0.05, 0.1) is 25.1 Å². The number of benzene rings is 1. The first-order chi connectivity index (χ1) is 15.1. The minimum Gasteiger partial charge on any atom is -0.379 e. The number of hydrogen-bond acceptors (Lipinski definition) is 6. The molecule has 1 aliphatic carbocycles. The van der Waals surface area contributed by atoms with Gasteiger partial charge in [0.15, 0.2) is 0 Å². The van der Waals surface area contributed by atoms with E-state index in [1.807, 2.05) is 23.5 Å². The van der Waals surface area contributed by atoms with Crippen LogP contribution in [-0.4, -0.2) is 41.2 Å². The fourth-order valence-electron chi connectivity index (χ4n) is 4.39. The summed E-state index contributed by atoms with van der Waals surface area (Å²) in [5.41, 5.74) is 2.44. The molecule has 0 spiro atoms. The largest absolute Gasteiger partial charge is 0.379 e. The Kier molecular flexibility index (Phi) is 6.35.